The molecule has 1 fully saturated rings. The van der Waals surface area contributed by atoms with E-state index in [9.17, 15) is 9.18 Å². The van der Waals surface area contributed by atoms with E-state index in [1.165, 1.54) is 6.07 Å². The van der Waals surface area contributed by atoms with Gasteiger partial charge in [-0.2, -0.15) is 0 Å². The number of hydrogen-bond acceptors (Lipinski definition) is 3. The molecule has 0 saturated carbocycles. The Kier molecular flexibility index (Phi) is 6.58. The van der Waals surface area contributed by atoms with Crippen LogP contribution in [0.1, 0.15) is 24.0 Å². The zero-order chi connectivity index (χ0) is 14.6. The molecule has 21 heavy (non-hydrogen) atoms. The largest absolute Gasteiger partial charge is 0.368 e. The average molecular weight is 317 g/mol. The highest BCUT2D eigenvalue weighted by molar-refractivity contribution is 5.85. The molecule has 0 aliphatic carbocycles. The second-order valence-corrected chi connectivity index (χ2v) is 5.21. The molecule has 2 N–H and O–H groups in total. The summed E-state index contributed by atoms with van der Waals surface area (Å²) in [4.78, 5) is 12.3. The molecule has 1 aliphatic heterocycles. The summed E-state index contributed by atoms with van der Waals surface area (Å²) < 4.78 is 18.9. The van der Waals surface area contributed by atoms with Crippen LogP contribution >= 0.6 is 12.4 Å². The van der Waals surface area contributed by atoms with Crippen LogP contribution in [0.25, 0.3) is 0 Å². The maximum absolute atomic E-state index is 13.5. The van der Waals surface area contributed by atoms with E-state index in [2.05, 4.69) is 10.6 Å². The highest BCUT2D eigenvalue weighted by Gasteiger charge is 2.39. The average Bonchev–Trinajstić information content (AvgIpc) is 2.48. The molecular weight excluding hydrogens is 295 g/mol. The lowest BCUT2D eigenvalue weighted by Crippen LogP contribution is -2.53. The summed E-state index contributed by atoms with van der Waals surface area (Å²) in [6.45, 7) is 3.56. The van der Waals surface area contributed by atoms with Crippen LogP contribution in [-0.2, 0) is 16.1 Å². The van der Waals surface area contributed by atoms with Crippen molar-refractivity contribution in [3.63, 3.8) is 0 Å². The summed E-state index contributed by atoms with van der Waals surface area (Å²) in [6.07, 6.45) is 1.30. The lowest BCUT2D eigenvalue weighted by Gasteiger charge is -2.34. The standard InChI is InChI=1S/C15H21FN2O2.ClH/c1-11-3-4-12(9-13(11)16)10-18-14(19)15(20-2)5-7-17-8-6-15;/h3-4,9,17H,5-8,10H2,1-2H3,(H,18,19);1H. The zero-order valence-electron chi connectivity index (χ0n) is 12.4. The van der Waals surface area contributed by atoms with Gasteiger partial charge in [0.1, 0.15) is 11.4 Å². The number of carbonyl (C=O) groups excluding carboxylic acids is 1. The van der Waals surface area contributed by atoms with Gasteiger partial charge in [0.15, 0.2) is 0 Å². The van der Waals surface area contributed by atoms with Gasteiger partial charge in [-0.1, -0.05) is 12.1 Å². The minimum Gasteiger partial charge on any atom is -0.368 e. The molecule has 1 amide bonds. The van der Waals surface area contributed by atoms with E-state index in [0.29, 0.717) is 24.9 Å². The van der Waals surface area contributed by atoms with E-state index in [-0.39, 0.29) is 24.1 Å². The molecular formula is C15H22ClFN2O2. The van der Waals surface area contributed by atoms with Gasteiger partial charge in [0, 0.05) is 13.7 Å². The molecule has 118 valence electrons. The van der Waals surface area contributed by atoms with Gasteiger partial charge in [-0.05, 0) is 50.0 Å². The minimum atomic E-state index is -0.755. The fourth-order valence-corrected chi connectivity index (χ4v) is 2.44. The fourth-order valence-electron chi connectivity index (χ4n) is 2.44. The molecule has 1 saturated heterocycles. The first-order chi connectivity index (χ1) is 9.57. The van der Waals surface area contributed by atoms with E-state index in [0.717, 1.165) is 18.7 Å². The SMILES string of the molecule is COC1(C(=O)NCc2ccc(C)c(F)c2)CCNCC1.Cl. The van der Waals surface area contributed by atoms with Crippen LogP contribution < -0.4 is 10.6 Å². The first kappa shape index (κ1) is 17.9. The normalized spacial score (nSPS) is 16.9. The molecule has 1 aromatic rings. The molecule has 4 nitrogen and oxygen atoms in total. The molecule has 0 unspecified atom stereocenters. The predicted octanol–water partition coefficient (Wildman–Crippen LogP) is 1.94. The van der Waals surface area contributed by atoms with Gasteiger partial charge in [0.2, 0.25) is 0 Å². The first-order valence-electron chi connectivity index (χ1n) is 6.86. The molecule has 0 bridgehead atoms. The van der Waals surface area contributed by atoms with E-state index in [1.54, 1.807) is 20.1 Å². The Morgan fingerprint density at radius 1 is 1.43 bits per heavy atom. The van der Waals surface area contributed by atoms with Crippen molar-refractivity contribution in [2.24, 2.45) is 0 Å². The van der Waals surface area contributed by atoms with Crippen molar-refractivity contribution in [1.29, 1.82) is 0 Å². The van der Waals surface area contributed by atoms with Gasteiger partial charge in [0.05, 0.1) is 0 Å². The summed E-state index contributed by atoms with van der Waals surface area (Å²) in [7, 11) is 1.57. The second-order valence-electron chi connectivity index (χ2n) is 5.21. The fraction of sp³-hybridized carbons (Fsp3) is 0.533. The molecule has 0 radical (unpaired) electrons. The van der Waals surface area contributed by atoms with Gasteiger partial charge in [-0.25, -0.2) is 4.39 Å². The maximum Gasteiger partial charge on any atom is 0.252 e. The Bertz CT molecular complexity index is 491. The van der Waals surface area contributed by atoms with Crippen LogP contribution in [0.15, 0.2) is 18.2 Å². The Balaban J connectivity index is 0.00000220. The highest BCUT2D eigenvalue weighted by atomic mass is 35.5. The molecule has 0 aromatic heterocycles. The Hall–Kier alpha value is -1.17. The smallest absolute Gasteiger partial charge is 0.252 e. The molecule has 0 spiro atoms. The van der Waals surface area contributed by atoms with Crippen LogP contribution in [0.3, 0.4) is 0 Å². The number of benzene rings is 1. The van der Waals surface area contributed by atoms with Crippen LogP contribution in [0.4, 0.5) is 4.39 Å². The lowest BCUT2D eigenvalue weighted by molar-refractivity contribution is -0.146. The van der Waals surface area contributed by atoms with Crippen LogP contribution in [0.2, 0.25) is 0 Å². The van der Waals surface area contributed by atoms with E-state index >= 15 is 0 Å². The first-order valence-corrected chi connectivity index (χ1v) is 6.86. The number of amides is 1. The van der Waals surface area contributed by atoms with Crippen molar-refractivity contribution >= 4 is 18.3 Å². The summed E-state index contributed by atoms with van der Waals surface area (Å²) >= 11 is 0. The number of methoxy groups -OCH3 is 1. The Morgan fingerprint density at radius 3 is 2.67 bits per heavy atom. The number of hydrogen-bond donors (Lipinski definition) is 2. The third-order valence-corrected chi connectivity index (χ3v) is 3.91. The number of halogens is 2. The third-order valence-electron chi connectivity index (χ3n) is 3.91. The second kappa shape index (κ2) is 7.73. The lowest BCUT2D eigenvalue weighted by atomic mass is 9.91. The van der Waals surface area contributed by atoms with Gasteiger partial charge in [-0.15, -0.1) is 12.4 Å². The minimum absolute atomic E-state index is 0. The quantitative estimate of drug-likeness (QED) is 0.892. The van der Waals surface area contributed by atoms with Crippen molar-refractivity contribution in [2.75, 3.05) is 20.2 Å². The number of nitrogens with one attached hydrogen (secondary N) is 2. The summed E-state index contributed by atoms with van der Waals surface area (Å²) in [5.74, 6) is -0.373. The van der Waals surface area contributed by atoms with Crippen molar-refractivity contribution in [1.82, 2.24) is 10.6 Å². The number of ether oxygens (including phenoxy) is 1. The summed E-state index contributed by atoms with van der Waals surface area (Å²) in [5, 5.41) is 6.06. The van der Waals surface area contributed by atoms with E-state index < -0.39 is 5.60 Å². The van der Waals surface area contributed by atoms with Gasteiger partial charge in [-0.3, -0.25) is 4.79 Å². The third kappa shape index (κ3) is 4.15. The molecule has 1 aliphatic rings. The molecule has 0 atom stereocenters. The molecule has 1 aromatic carbocycles. The maximum atomic E-state index is 13.5. The number of rotatable bonds is 4. The number of aryl methyl sites for hydroxylation is 1. The number of carbonyl (C=O) groups is 1. The monoisotopic (exact) mass is 316 g/mol. The van der Waals surface area contributed by atoms with Crippen LogP contribution in [0, 0.1) is 12.7 Å². The topological polar surface area (TPSA) is 50.4 Å². The molecule has 1 heterocycles. The van der Waals surface area contributed by atoms with Crippen LogP contribution in [-0.4, -0.2) is 31.7 Å². The molecule has 2 rings (SSSR count). The van der Waals surface area contributed by atoms with Crippen molar-refractivity contribution in [2.45, 2.75) is 31.9 Å². The predicted molar refractivity (Wildman–Crippen MR) is 82.1 cm³/mol. The van der Waals surface area contributed by atoms with Gasteiger partial charge in [0.25, 0.3) is 5.91 Å². The zero-order valence-corrected chi connectivity index (χ0v) is 13.2. The Labute approximate surface area is 130 Å². The van der Waals surface area contributed by atoms with Crippen LogP contribution in [0.5, 0.6) is 0 Å². The van der Waals surface area contributed by atoms with E-state index in [1.807, 2.05) is 6.07 Å². The highest BCUT2D eigenvalue weighted by Crippen LogP contribution is 2.22. The Morgan fingerprint density at radius 2 is 2.10 bits per heavy atom. The number of piperidine rings is 1. The van der Waals surface area contributed by atoms with E-state index in [4.69, 9.17) is 4.74 Å². The van der Waals surface area contributed by atoms with Crippen molar-refractivity contribution in [3.05, 3.63) is 35.1 Å². The van der Waals surface area contributed by atoms with Gasteiger partial charge >= 0.3 is 0 Å². The summed E-state index contributed by atoms with van der Waals surface area (Å²) in [6, 6.07) is 4.99. The molecule has 6 heteroatoms. The van der Waals surface area contributed by atoms with Crippen molar-refractivity contribution in [3.8, 4) is 0 Å². The van der Waals surface area contributed by atoms with Crippen molar-refractivity contribution < 1.29 is 13.9 Å². The summed E-state index contributed by atoms with van der Waals surface area (Å²) in [5.41, 5.74) is 0.600. The van der Waals surface area contributed by atoms with Gasteiger partial charge < -0.3 is 15.4 Å².